The predicted octanol–water partition coefficient (Wildman–Crippen LogP) is 3.09. The van der Waals surface area contributed by atoms with Crippen molar-refractivity contribution in [1.82, 2.24) is 10.6 Å². The highest BCUT2D eigenvalue weighted by Crippen LogP contribution is 2.35. The number of rotatable bonds is 3. The SMILES string of the molecule is Cc1c(O)cc(O)c2c1C(=O)OC[C@H](NC(=O)OC(C)(C)C)C(=O)N[C@@H](/C=C/C(=O)OC(C)(C)C)CSC2. The monoisotopic (exact) mass is 552 g/mol. The van der Waals surface area contributed by atoms with Gasteiger partial charge in [-0.25, -0.2) is 14.4 Å². The molecule has 2 rings (SSSR count). The van der Waals surface area contributed by atoms with Gasteiger partial charge in [0.25, 0.3) is 0 Å². The number of hydrogen-bond donors (Lipinski definition) is 4. The van der Waals surface area contributed by atoms with Crippen molar-refractivity contribution in [1.29, 1.82) is 0 Å². The molecule has 0 spiro atoms. The molecule has 0 unspecified atom stereocenters. The Hall–Kier alpha value is -3.41. The Bertz CT molecular complexity index is 1100. The Labute approximate surface area is 226 Å². The third-order valence-electron chi connectivity index (χ3n) is 4.98. The van der Waals surface area contributed by atoms with Gasteiger partial charge in [-0.15, -0.1) is 0 Å². The zero-order chi connectivity index (χ0) is 28.8. The van der Waals surface area contributed by atoms with E-state index >= 15 is 0 Å². The molecular formula is C26H36N2O9S. The number of benzene rings is 1. The van der Waals surface area contributed by atoms with Crippen LogP contribution >= 0.6 is 11.8 Å². The van der Waals surface area contributed by atoms with Crippen LogP contribution in [0.25, 0.3) is 0 Å². The number of nitrogens with one attached hydrogen (secondary N) is 2. The van der Waals surface area contributed by atoms with Crippen molar-refractivity contribution in [2.24, 2.45) is 0 Å². The maximum atomic E-state index is 13.1. The fraction of sp³-hybridized carbons (Fsp3) is 0.538. The number of carbonyl (C=O) groups excluding carboxylic acids is 4. The lowest BCUT2D eigenvalue weighted by molar-refractivity contribution is -0.148. The van der Waals surface area contributed by atoms with Gasteiger partial charge in [0.15, 0.2) is 0 Å². The fourth-order valence-electron chi connectivity index (χ4n) is 3.34. The maximum Gasteiger partial charge on any atom is 0.408 e. The Kier molecular flexibility index (Phi) is 10.1. The van der Waals surface area contributed by atoms with Crippen LogP contribution in [0.15, 0.2) is 18.2 Å². The van der Waals surface area contributed by atoms with E-state index in [9.17, 15) is 29.4 Å². The lowest BCUT2D eigenvalue weighted by atomic mass is 10.0. The first-order valence-electron chi connectivity index (χ1n) is 12.0. The lowest BCUT2D eigenvalue weighted by Crippen LogP contribution is -2.53. The van der Waals surface area contributed by atoms with E-state index in [0.29, 0.717) is 0 Å². The highest BCUT2D eigenvalue weighted by atomic mass is 32.2. The van der Waals surface area contributed by atoms with Crippen molar-refractivity contribution in [2.75, 3.05) is 12.4 Å². The summed E-state index contributed by atoms with van der Waals surface area (Å²) in [6, 6.07) is -0.894. The molecule has 0 saturated carbocycles. The van der Waals surface area contributed by atoms with Gasteiger partial charge in [0, 0.05) is 34.8 Å². The quantitative estimate of drug-likeness (QED) is 0.249. The minimum absolute atomic E-state index is 0.0344. The smallest absolute Gasteiger partial charge is 0.408 e. The predicted molar refractivity (Wildman–Crippen MR) is 141 cm³/mol. The Balaban J connectivity index is 2.41. The standard InChI is InChI=1S/C26H36N2O9S/c1-14-18(29)10-19(30)16-13-38-12-15(8-9-20(31)36-25(2,3)4)27-22(32)17(11-35-23(33)21(14)16)28-24(34)37-26(5,6)7/h8-10,15,17,29-30H,11-13H2,1-7H3,(H,27,32)(H,28,34)/b9-8+/t15-,17-/m0/s1. The van der Waals surface area contributed by atoms with E-state index in [-0.39, 0.29) is 39.7 Å². The van der Waals surface area contributed by atoms with Crippen molar-refractivity contribution in [3.63, 3.8) is 0 Å². The Morgan fingerprint density at radius 3 is 2.34 bits per heavy atom. The molecule has 11 nitrogen and oxygen atoms in total. The van der Waals surface area contributed by atoms with Crippen molar-refractivity contribution in [3.8, 4) is 11.5 Å². The topological polar surface area (TPSA) is 160 Å². The minimum Gasteiger partial charge on any atom is -0.508 e. The van der Waals surface area contributed by atoms with Crippen LogP contribution in [0.1, 0.15) is 63.0 Å². The summed E-state index contributed by atoms with van der Waals surface area (Å²) in [7, 11) is 0. The van der Waals surface area contributed by atoms with Crippen LogP contribution in [0.2, 0.25) is 0 Å². The van der Waals surface area contributed by atoms with Crippen LogP contribution in [0, 0.1) is 6.92 Å². The molecular weight excluding hydrogens is 516 g/mol. The highest BCUT2D eigenvalue weighted by molar-refractivity contribution is 7.98. The van der Waals surface area contributed by atoms with Gasteiger partial charge in [0.1, 0.15) is 35.3 Å². The molecule has 1 aliphatic heterocycles. The largest absolute Gasteiger partial charge is 0.508 e. The van der Waals surface area contributed by atoms with Gasteiger partial charge >= 0.3 is 18.0 Å². The first-order chi connectivity index (χ1) is 17.5. The van der Waals surface area contributed by atoms with E-state index in [1.54, 1.807) is 41.5 Å². The van der Waals surface area contributed by atoms with Gasteiger partial charge in [0.2, 0.25) is 5.91 Å². The second-order valence-electron chi connectivity index (χ2n) is 10.7. The molecule has 0 saturated heterocycles. The number of aromatic hydroxyl groups is 2. The van der Waals surface area contributed by atoms with Crippen molar-refractivity contribution >= 4 is 35.7 Å². The molecule has 1 heterocycles. The molecule has 1 aliphatic rings. The summed E-state index contributed by atoms with van der Waals surface area (Å²) in [5, 5.41) is 25.7. The summed E-state index contributed by atoms with van der Waals surface area (Å²) in [6.07, 6.45) is 1.76. The summed E-state index contributed by atoms with van der Waals surface area (Å²) in [6.45, 7) is 11.1. The lowest BCUT2D eigenvalue weighted by Gasteiger charge is -2.25. The van der Waals surface area contributed by atoms with Gasteiger partial charge < -0.3 is 35.1 Å². The average molecular weight is 553 g/mol. The van der Waals surface area contributed by atoms with E-state index in [1.807, 2.05) is 0 Å². The minimum atomic E-state index is -1.34. The van der Waals surface area contributed by atoms with Crippen molar-refractivity contribution < 1.29 is 43.6 Å². The molecule has 0 radical (unpaired) electrons. The molecule has 4 N–H and O–H groups in total. The van der Waals surface area contributed by atoms with Gasteiger partial charge in [-0.3, -0.25) is 4.79 Å². The zero-order valence-corrected chi connectivity index (χ0v) is 23.5. The first kappa shape index (κ1) is 30.8. The van der Waals surface area contributed by atoms with Crippen molar-refractivity contribution in [2.45, 2.75) is 77.5 Å². The van der Waals surface area contributed by atoms with E-state index in [4.69, 9.17) is 14.2 Å². The molecule has 1 aromatic rings. The Morgan fingerprint density at radius 1 is 1.11 bits per heavy atom. The van der Waals surface area contributed by atoms with Crippen LogP contribution in [0.5, 0.6) is 11.5 Å². The number of hydrogen-bond acceptors (Lipinski definition) is 10. The second kappa shape index (κ2) is 12.4. The second-order valence-corrected chi connectivity index (χ2v) is 11.7. The summed E-state index contributed by atoms with van der Waals surface area (Å²) >= 11 is 1.26. The van der Waals surface area contributed by atoms with Crippen LogP contribution in [-0.4, -0.2) is 69.8 Å². The number of phenolic OH excluding ortho intramolecular Hbond substituents is 2. The number of cyclic esters (lactones) is 1. The molecule has 210 valence electrons. The van der Waals surface area contributed by atoms with E-state index in [2.05, 4.69) is 10.6 Å². The molecule has 0 bridgehead atoms. The fourth-order valence-corrected chi connectivity index (χ4v) is 4.40. The number of carbonyl (C=O) groups is 4. The first-order valence-corrected chi connectivity index (χ1v) is 13.1. The molecule has 12 heteroatoms. The number of amides is 2. The van der Waals surface area contributed by atoms with Gasteiger partial charge in [-0.1, -0.05) is 6.08 Å². The summed E-state index contributed by atoms with van der Waals surface area (Å²) in [5.41, 5.74) is -1.14. The molecule has 38 heavy (non-hydrogen) atoms. The zero-order valence-electron chi connectivity index (χ0n) is 22.7. The number of alkyl carbamates (subject to hydrolysis) is 1. The number of thioether (sulfide) groups is 1. The number of esters is 2. The molecule has 2 amide bonds. The van der Waals surface area contributed by atoms with Crippen molar-refractivity contribution in [3.05, 3.63) is 34.9 Å². The van der Waals surface area contributed by atoms with Crippen LogP contribution in [0.3, 0.4) is 0 Å². The number of ether oxygens (including phenoxy) is 3. The number of fused-ring (bicyclic) bond motifs is 1. The van der Waals surface area contributed by atoms with E-state index < -0.39 is 53.8 Å². The Morgan fingerprint density at radius 2 is 1.74 bits per heavy atom. The van der Waals surface area contributed by atoms with Crippen LogP contribution in [0.4, 0.5) is 4.79 Å². The molecule has 2 atom stereocenters. The third kappa shape index (κ3) is 9.47. The van der Waals surface area contributed by atoms with Crippen LogP contribution in [-0.2, 0) is 29.6 Å². The molecule has 0 aliphatic carbocycles. The van der Waals surface area contributed by atoms with E-state index in [0.717, 1.165) is 6.07 Å². The molecule has 0 aromatic heterocycles. The van der Waals surface area contributed by atoms with Gasteiger partial charge in [0.05, 0.1) is 11.6 Å². The average Bonchev–Trinajstić information content (AvgIpc) is 2.74. The summed E-state index contributed by atoms with van der Waals surface area (Å²) in [4.78, 5) is 50.7. The van der Waals surface area contributed by atoms with Gasteiger partial charge in [-0.05, 0) is 48.5 Å². The molecule has 0 fully saturated rings. The van der Waals surface area contributed by atoms with Crippen LogP contribution < -0.4 is 10.6 Å². The highest BCUT2D eigenvalue weighted by Gasteiger charge is 2.30. The van der Waals surface area contributed by atoms with Gasteiger partial charge in [-0.2, -0.15) is 11.8 Å². The summed E-state index contributed by atoms with van der Waals surface area (Å²) in [5.74, 6) is -2.38. The normalized spacial score (nSPS) is 19.3. The molecule has 1 aromatic carbocycles. The third-order valence-corrected chi connectivity index (χ3v) is 6.07. The number of phenols is 2. The maximum absolute atomic E-state index is 13.1. The van der Waals surface area contributed by atoms with E-state index in [1.165, 1.54) is 30.8 Å². The summed E-state index contributed by atoms with van der Waals surface area (Å²) < 4.78 is 15.9.